The molecule has 5 heteroatoms. The SMILES string of the molecule is CCOC(=O)C1=C(C)NC(OC)=NC1C(C)C. The molecule has 0 aliphatic carbocycles. The van der Waals surface area contributed by atoms with E-state index in [4.69, 9.17) is 9.47 Å². The zero-order chi connectivity index (χ0) is 13.0. The number of aliphatic imine (C=N–C) groups is 1. The van der Waals surface area contributed by atoms with Crippen molar-refractivity contribution >= 4 is 12.0 Å². The van der Waals surface area contributed by atoms with Gasteiger partial charge in [-0.1, -0.05) is 13.8 Å². The molecule has 1 rings (SSSR count). The Morgan fingerprint density at radius 1 is 1.53 bits per heavy atom. The molecule has 96 valence electrons. The molecular formula is C12H20N2O3. The maximum Gasteiger partial charge on any atom is 0.337 e. The molecule has 1 heterocycles. The lowest BCUT2D eigenvalue weighted by molar-refractivity contribution is -0.139. The number of carbonyl (C=O) groups excluding carboxylic acids is 1. The number of amidine groups is 1. The molecule has 1 aliphatic rings. The summed E-state index contributed by atoms with van der Waals surface area (Å²) >= 11 is 0. The Hall–Kier alpha value is -1.52. The van der Waals surface area contributed by atoms with E-state index in [0.717, 1.165) is 5.70 Å². The molecule has 1 atom stereocenters. The largest absolute Gasteiger partial charge is 0.468 e. The van der Waals surface area contributed by atoms with E-state index in [-0.39, 0.29) is 17.9 Å². The summed E-state index contributed by atoms with van der Waals surface area (Å²) in [4.78, 5) is 16.2. The van der Waals surface area contributed by atoms with Crippen LogP contribution in [0, 0.1) is 5.92 Å². The van der Waals surface area contributed by atoms with Crippen LogP contribution in [0.2, 0.25) is 0 Å². The number of methoxy groups -OCH3 is 1. The van der Waals surface area contributed by atoms with Gasteiger partial charge in [-0.2, -0.15) is 0 Å². The molecule has 0 aromatic heterocycles. The van der Waals surface area contributed by atoms with E-state index < -0.39 is 0 Å². The van der Waals surface area contributed by atoms with Gasteiger partial charge in [-0.25, -0.2) is 9.79 Å². The molecule has 0 saturated heterocycles. The van der Waals surface area contributed by atoms with Gasteiger partial charge < -0.3 is 14.8 Å². The third-order valence-corrected chi connectivity index (χ3v) is 2.57. The van der Waals surface area contributed by atoms with Gasteiger partial charge in [0.2, 0.25) is 0 Å². The Morgan fingerprint density at radius 2 is 2.18 bits per heavy atom. The fourth-order valence-corrected chi connectivity index (χ4v) is 1.74. The Morgan fingerprint density at radius 3 is 2.65 bits per heavy atom. The first-order valence-electron chi connectivity index (χ1n) is 5.77. The lowest BCUT2D eigenvalue weighted by Crippen LogP contribution is -2.38. The van der Waals surface area contributed by atoms with Gasteiger partial charge in [-0.05, 0) is 19.8 Å². The Balaban J connectivity index is 3.03. The highest BCUT2D eigenvalue weighted by atomic mass is 16.5. The van der Waals surface area contributed by atoms with Gasteiger partial charge in [0.05, 0.1) is 25.3 Å². The van der Waals surface area contributed by atoms with Crippen LogP contribution in [-0.2, 0) is 14.3 Å². The fourth-order valence-electron chi connectivity index (χ4n) is 1.74. The molecule has 1 aliphatic heterocycles. The molecule has 0 radical (unpaired) electrons. The monoisotopic (exact) mass is 240 g/mol. The lowest BCUT2D eigenvalue weighted by atomic mass is 9.94. The number of hydrogen-bond donors (Lipinski definition) is 1. The van der Waals surface area contributed by atoms with Crippen molar-refractivity contribution in [3.63, 3.8) is 0 Å². The third-order valence-electron chi connectivity index (χ3n) is 2.57. The maximum absolute atomic E-state index is 11.9. The first kappa shape index (κ1) is 13.5. The van der Waals surface area contributed by atoms with E-state index in [1.807, 2.05) is 20.8 Å². The van der Waals surface area contributed by atoms with E-state index in [9.17, 15) is 4.79 Å². The number of hydrogen-bond acceptors (Lipinski definition) is 5. The standard InChI is InChI=1S/C12H20N2O3/c1-6-17-11(15)9-8(4)13-12(16-5)14-10(9)7(2)3/h7,10H,6H2,1-5H3,(H,13,14). The van der Waals surface area contributed by atoms with E-state index in [1.165, 1.54) is 0 Å². The molecule has 0 aromatic rings. The average Bonchev–Trinajstić information content (AvgIpc) is 2.27. The van der Waals surface area contributed by atoms with Crippen LogP contribution in [0.5, 0.6) is 0 Å². The Bertz CT molecular complexity index is 359. The number of carbonyl (C=O) groups is 1. The van der Waals surface area contributed by atoms with Gasteiger partial charge in [0.1, 0.15) is 0 Å². The minimum absolute atomic E-state index is 0.205. The highest BCUT2D eigenvalue weighted by Crippen LogP contribution is 2.23. The van der Waals surface area contributed by atoms with Crippen molar-refractivity contribution in [3.05, 3.63) is 11.3 Å². The fraction of sp³-hybridized carbons (Fsp3) is 0.667. The van der Waals surface area contributed by atoms with Crippen molar-refractivity contribution in [1.29, 1.82) is 0 Å². The summed E-state index contributed by atoms with van der Waals surface area (Å²) in [5.41, 5.74) is 1.33. The predicted octanol–water partition coefficient (Wildman–Crippen LogP) is 1.45. The van der Waals surface area contributed by atoms with Crippen LogP contribution >= 0.6 is 0 Å². The smallest absolute Gasteiger partial charge is 0.337 e. The highest BCUT2D eigenvalue weighted by Gasteiger charge is 2.31. The maximum atomic E-state index is 11.9. The van der Waals surface area contributed by atoms with Gasteiger partial charge in [-0.15, -0.1) is 0 Å². The van der Waals surface area contributed by atoms with Crippen LogP contribution < -0.4 is 5.32 Å². The second kappa shape index (κ2) is 5.70. The van der Waals surface area contributed by atoms with Gasteiger partial charge in [0, 0.05) is 5.70 Å². The van der Waals surface area contributed by atoms with Crippen molar-refractivity contribution < 1.29 is 14.3 Å². The average molecular weight is 240 g/mol. The molecule has 0 aromatic carbocycles. The zero-order valence-electron chi connectivity index (χ0n) is 11.0. The zero-order valence-corrected chi connectivity index (χ0v) is 11.0. The molecule has 17 heavy (non-hydrogen) atoms. The van der Waals surface area contributed by atoms with Crippen molar-refractivity contribution in [2.75, 3.05) is 13.7 Å². The molecule has 0 bridgehead atoms. The van der Waals surface area contributed by atoms with Crippen LogP contribution in [0.1, 0.15) is 27.7 Å². The van der Waals surface area contributed by atoms with E-state index in [1.54, 1.807) is 14.0 Å². The van der Waals surface area contributed by atoms with Crippen LogP contribution in [0.25, 0.3) is 0 Å². The molecular weight excluding hydrogens is 220 g/mol. The van der Waals surface area contributed by atoms with Crippen LogP contribution in [0.15, 0.2) is 16.3 Å². The Kier molecular flexibility index (Phi) is 4.54. The second-order valence-corrected chi connectivity index (χ2v) is 4.21. The van der Waals surface area contributed by atoms with Gasteiger partial charge >= 0.3 is 5.97 Å². The number of nitrogens with one attached hydrogen (secondary N) is 1. The van der Waals surface area contributed by atoms with Crippen molar-refractivity contribution in [3.8, 4) is 0 Å². The van der Waals surface area contributed by atoms with Gasteiger partial charge in [-0.3, -0.25) is 0 Å². The van der Waals surface area contributed by atoms with Gasteiger partial charge in [0.15, 0.2) is 0 Å². The minimum Gasteiger partial charge on any atom is -0.468 e. The summed E-state index contributed by atoms with van der Waals surface area (Å²) < 4.78 is 10.1. The van der Waals surface area contributed by atoms with E-state index in [2.05, 4.69) is 10.3 Å². The van der Waals surface area contributed by atoms with E-state index in [0.29, 0.717) is 18.2 Å². The highest BCUT2D eigenvalue weighted by molar-refractivity contribution is 5.93. The first-order chi connectivity index (χ1) is 8.01. The molecule has 0 amide bonds. The van der Waals surface area contributed by atoms with Crippen molar-refractivity contribution in [2.45, 2.75) is 33.7 Å². The molecule has 0 spiro atoms. The summed E-state index contributed by atoms with van der Waals surface area (Å²) in [5.74, 6) is -0.105. The first-order valence-corrected chi connectivity index (χ1v) is 5.77. The number of esters is 1. The van der Waals surface area contributed by atoms with Gasteiger partial charge in [0.25, 0.3) is 6.02 Å². The predicted molar refractivity (Wildman–Crippen MR) is 65.5 cm³/mol. The number of rotatable bonds is 3. The summed E-state index contributed by atoms with van der Waals surface area (Å²) in [6.45, 7) is 8.01. The molecule has 1 unspecified atom stereocenters. The van der Waals surface area contributed by atoms with E-state index >= 15 is 0 Å². The summed E-state index contributed by atoms with van der Waals surface area (Å²) in [6, 6.07) is 0.222. The van der Waals surface area contributed by atoms with Crippen LogP contribution in [0.4, 0.5) is 0 Å². The molecule has 0 fully saturated rings. The molecule has 1 N–H and O–H groups in total. The lowest BCUT2D eigenvalue weighted by Gasteiger charge is -2.26. The minimum atomic E-state index is -0.310. The normalized spacial score (nSPS) is 19.9. The van der Waals surface area contributed by atoms with Crippen LogP contribution in [0.3, 0.4) is 0 Å². The third kappa shape index (κ3) is 2.99. The molecule has 0 saturated carbocycles. The number of ether oxygens (including phenoxy) is 2. The Labute approximate surface area is 102 Å². The molecule has 5 nitrogen and oxygen atoms in total. The van der Waals surface area contributed by atoms with Crippen molar-refractivity contribution in [2.24, 2.45) is 10.9 Å². The quantitative estimate of drug-likeness (QED) is 0.759. The number of allylic oxidation sites excluding steroid dienone is 1. The van der Waals surface area contributed by atoms with Crippen LogP contribution in [-0.4, -0.2) is 31.7 Å². The number of nitrogens with zero attached hydrogens (tertiary/aromatic N) is 1. The topological polar surface area (TPSA) is 59.9 Å². The van der Waals surface area contributed by atoms with Crippen molar-refractivity contribution in [1.82, 2.24) is 5.32 Å². The second-order valence-electron chi connectivity index (χ2n) is 4.21. The summed E-state index contributed by atoms with van der Waals surface area (Å²) in [6.07, 6.45) is 0. The summed E-state index contributed by atoms with van der Waals surface area (Å²) in [7, 11) is 1.55. The summed E-state index contributed by atoms with van der Waals surface area (Å²) in [5, 5.41) is 2.95.